The first kappa shape index (κ1) is 24.7. The zero-order valence-corrected chi connectivity index (χ0v) is 20.6. The number of anilines is 2. The number of benzene rings is 3. The molecule has 0 saturated carbocycles. The molecule has 0 bridgehead atoms. The van der Waals surface area contributed by atoms with Crippen molar-refractivity contribution in [3.05, 3.63) is 101 Å². The minimum absolute atomic E-state index is 0.0891. The second-order valence-electron chi connectivity index (χ2n) is 8.65. The summed E-state index contributed by atoms with van der Waals surface area (Å²) in [4.78, 5) is 27.7. The van der Waals surface area contributed by atoms with Crippen LogP contribution in [0.2, 0.25) is 5.02 Å². The van der Waals surface area contributed by atoms with Crippen molar-refractivity contribution in [3.63, 3.8) is 0 Å². The van der Waals surface area contributed by atoms with E-state index in [9.17, 15) is 9.59 Å². The van der Waals surface area contributed by atoms with Gasteiger partial charge in [0.05, 0.1) is 6.04 Å². The third-order valence-corrected chi connectivity index (χ3v) is 6.60. The van der Waals surface area contributed by atoms with E-state index in [4.69, 9.17) is 11.6 Å². The lowest BCUT2D eigenvalue weighted by Crippen LogP contribution is -2.31. The van der Waals surface area contributed by atoms with Gasteiger partial charge < -0.3 is 15.5 Å². The summed E-state index contributed by atoms with van der Waals surface area (Å²) < 4.78 is 0. The van der Waals surface area contributed by atoms with Crippen LogP contribution in [0.1, 0.15) is 35.6 Å². The van der Waals surface area contributed by atoms with E-state index >= 15 is 0 Å². The lowest BCUT2D eigenvalue weighted by Gasteiger charge is -2.22. The molecule has 0 aliphatic carbocycles. The predicted octanol–water partition coefficient (Wildman–Crippen LogP) is 5.66. The van der Waals surface area contributed by atoms with E-state index in [0.29, 0.717) is 23.6 Å². The highest BCUT2D eigenvalue weighted by molar-refractivity contribution is 6.30. The van der Waals surface area contributed by atoms with Gasteiger partial charge in [-0.3, -0.25) is 9.59 Å². The van der Waals surface area contributed by atoms with Crippen LogP contribution in [0.15, 0.2) is 79.4 Å². The summed E-state index contributed by atoms with van der Waals surface area (Å²) in [6, 6.07) is 22.6. The number of amides is 1. The van der Waals surface area contributed by atoms with Gasteiger partial charge in [0.1, 0.15) is 0 Å². The predicted molar refractivity (Wildman–Crippen MR) is 144 cm³/mol. The van der Waals surface area contributed by atoms with Gasteiger partial charge in [-0.15, -0.1) is 0 Å². The number of hydrogen-bond donors (Lipinski definition) is 2. The topological polar surface area (TPSA) is 61.4 Å². The van der Waals surface area contributed by atoms with Crippen molar-refractivity contribution in [3.8, 4) is 0 Å². The molecule has 4 rings (SSSR count). The average Bonchev–Trinajstić information content (AvgIpc) is 3.32. The van der Waals surface area contributed by atoms with Crippen LogP contribution in [0.3, 0.4) is 0 Å². The van der Waals surface area contributed by atoms with Crippen molar-refractivity contribution in [2.45, 2.75) is 25.3 Å². The minimum Gasteiger partial charge on any atom is -0.388 e. The molecule has 3 aromatic rings. The second kappa shape index (κ2) is 11.3. The summed E-state index contributed by atoms with van der Waals surface area (Å²) in [6.07, 6.45) is 2.20. The van der Waals surface area contributed by atoms with Crippen LogP contribution in [0.25, 0.3) is 5.57 Å². The Kier molecular flexibility index (Phi) is 8.01. The van der Waals surface area contributed by atoms with E-state index in [2.05, 4.69) is 17.2 Å². The van der Waals surface area contributed by atoms with E-state index in [-0.39, 0.29) is 11.7 Å². The van der Waals surface area contributed by atoms with Gasteiger partial charge in [-0.25, -0.2) is 0 Å². The van der Waals surface area contributed by atoms with Gasteiger partial charge in [0, 0.05) is 54.1 Å². The maximum absolute atomic E-state index is 13.7. The van der Waals surface area contributed by atoms with Crippen LogP contribution in [-0.2, 0) is 16.0 Å². The highest BCUT2D eigenvalue weighted by Crippen LogP contribution is 2.32. The van der Waals surface area contributed by atoms with Gasteiger partial charge in [0.25, 0.3) is 0 Å². The Morgan fingerprint density at radius 1 is 1.09 bits per heavy atom. The molecule has 5 nitrogen and oxygen atoms in total. The molecule has 1 heterocycles. The molecule has 180 valence electrons. The van der Waals surface area contributed by atoms with Gasteiger partial charge >= 0.3 is 0 Å². The summed E-state index contributed by atoms with van der Waals surface area (Å²) in [6.45, 7) is 5.51. The van der Waals surface area contributed by atoms with Gasteiger partial charge in [0.2, 0.25) is 5.91 Å². The van der Waals surface area contributed by atoms with Crippen molar-refractivity contribution in [1.29, 1.82) is 0 Å². The second-order valence-corrected chi connectivity index (χ2v) is 9.08. The molecule has 0 unspecified atom stereocenters. The smallest absolute Gasteiger partial charge is 0.227 e. The molecule has 1 fully saturated rings. The van der Waals surface area contributed by atoms with E-state index in [0.717, 1.165) is 47.5 Å². The number of rotatable bonds is 10. The SMILES string of the molecule is C=C(C(=O)[C@@H](NCCc1ccc(Cl)cc1)c1ccccc1)c1ccc(N2CCCC2=O)cc1NC. The molecule has 1 aliphatic rings. The number of nitrogens with zero attached hydrogens (tertiary/aromatic N) is 1. The van der Waals surface area contributed by atoms with Crippen molar-refractivity contribution in [2.24, 2.45) is 0 Å². The molecule has 0 radical (unpaired) electrons. The Morgan fingerprint density at radius 2 is 1.83 bits per heavy atom. The Hall–Kier alpha value is -3.41. The van der Waals surface area contributed by atoms with Gasteiger partial charge in [-0.05, 0) is 48.2 Å². The fraction of sp³-hybridized carbons (Fsp3) is 0.241. The molecule has 1 aliphatic heterocycles. The molecule has 1 atom stereocenters. The monoisotopic (exact) mass is 487 g/mol. The molecule has 0 spiro atoms. The highest BCUT2D eigenvalue weighted by atomic mass is 35.5. The minimum atomic E-state index is -0.527. The summed E-state index contributed by atoms with van der Waals surface area (Å²) in [5.41, 5.74) is 4.79. The Morgan fingerprint density at radius 3 is 2.49 bits per heavy atom. The standard InChI is InChI=1S/C29H30ClN3O2/c1-20(25-15-14-24(19-26(25)31-2)33-18-6-9-27(33)34)29(35)28(22-7-4-3-5-8-22)32-17-16-21-10-12-23(30)13-11-21/h3-5,7-8,10-15,19,28,31-32H,1,6,9,16-18H2,2H3/t28-/m0/s1. The highest BCUT2D eigenvalue weighted by Gasteiger charge is 2.26. The maximum atomic E-state index is 13.7. The van der Waals surface area contributed by atoms with Crippen LogP contribution >= 0.6 is 11.6 Å². The third-order valence-electron chi connectivity index (χ3n) is 6.35. The van der Waals surface area contributed by atoms with Crippen molar-refractivity contribution in [1.82, 2.24) is 5.32 Å². The van der Waals surface area contributed by atoms with E-state index in [1.54, 1.807) is 4.90 Å². The van der Waals surface area contributed by atoms with Crippen molar-refractivity contribution < 1.29 is 9.59 Å². The number of carbonyl (C=O) groups is 2. The van der Waals surface area contributed by atoms with Crippen LogP contribution in [0.4, 0.5) is 11.4 Å². The first-order valence-corrected chi connectivity index (χ1v) is 12.2. The molecule has 1 saturated heterocycles. The van der Waals surface area contributed by atoms with Crippen molar-refractivity contribution >= 4 is 40.2 Å². The number of hydrogen-bond acceptors (Lipinski definition) is 4. The Balaban J connectivity index is 1.54. The summed E-state index contributed by atoms with van der Waals surface area (Å²) in [7, 11) is 1.81. The lowest BCUT2D eigenvalue weighted by molar-refractivity contribution is -0.117. The molecule has 2 N–H and O–H groups in total. The van der Waals surface area contributed by atoms with Gasteiger partial charge in [-0.2, -0.15) is 0 Å². The fourth-order valence-corrected chi connectivity index (χ4v) is 4.54. The molecule has 1 amide bonds. The van der Waals surface area contributed by atoms with Crippen LogP contribution in [0, 0.1) is 0 Å². The van der Waals surface area contributed by atoms with Crippen molar-refractivity contribution in [2.75, 3.05) is 30.4 Å². The molecular weight excluding hydrogens is 458 g/mol. The maximum Gasteiger partial charge on any atom is 0.227 e. The first-order chi connectivity index (χ1) is 17.0. The van der Waals surface area contributed by atoms with E-state index < -0.39 is 6.04 Å². The van der Waals surface area contributed by atoms with E-state index in [1.807, 2.05) is 79.8 Å². The number of Topliss-reactive ketones (excluding diaryl/α,β-unsaturated/α-hetero) is 1. The normalized spacial score (nSPS) is 14.1. The average molecular weight is 488 g/mol. The fourth-order valence-electron chi connectivity index (χ4n) is 4.42. The summed E-state index contributed by atoms with van der Waals surface area (Å²) in [5, 5.41) is 7.31. The Labute approximate surface area is 211 Å². The Bertz CT molecular complexity index is 1210. The van der Waals surface area contributed by atoms with Crippen LogP contribution in [0.5, 0.6) is 0 Å². The third kappa shape index (κ3) is 5.81. The summed E-state index contributed by atoms with van der Waals surface area (Å²) >= 11 is 5.99. The molecule has 3 aromatic carbocycles. The number of carbonyl (C=O) groups excluding carboxylic acids is 2. The molecule has 6 heteroatoms. The zero-order chi connectivity index (χ0) is 24.8. The van der Waals surface area contributed by atoms with Crippen LogP contribution < -0.4 is 15.5 Å². The number of ketones is 1. The number of halogens is 1. The molecule has 35 heavy (non-hydrogen) atoms. The van der Waals surface area contributed by atoms with E-state index in [1.165, 1.54) is 0 Å². The van der Waals surface area contributed by atoms with Gasteiger partial charge in [0.15, 0.2) is 5.78 Å². The largest absolute Gasteiger partial charge is 0.388 e. The number of nitrogens with one attached hydrogen (secondary N) is 2. The first-order valence-electron chi connectivity index (χ1n) is 11.9. The molecular formula is C29H30ClN3O2. The summed E-state index contributed by atoms with van der Waals surface area (Å²) in [5.74, 6) is 0.0394. The van der Waals surface area contributed by atoms with Crippen LogP contribution in [-0.4, -0.2) is 31.8 Å². The molecule has 0 aromatic heterocycles. The zero-order valence-electron chi connectivity index (χ0n) is 19.9. The lowest BCUT2D eigenvalue weighted by atomic mass is 9.92. The quantitative estimate of drug-likeness (QED) is 0.362. The van der Waals surface area contributed by atoms with Gasteiger partial charge in [-0.1, -0.05) is 66.7 Å².